The van der Waals surface area contributed by atoms with Gasteiger partial charge in [0.1, 0.15) is 6.61 Å². The van der Waals surface area contributed by atoms with Crippen LogP contribution in [0.1, 0.15) is 57.1 Å². The smallest absolute Gasteiger partial charge is 0.407 e. The van der Waals surface area contributed by atoms with Gasteiger partial charge in [-0.2, -0.15) is 0 Å². The number of hydrogen-bond acceptors (Lipinski definition) is 4. The number of nitrogens with zero attached hydrogens (tertiary/aromatic N) is 1. The second-order valence-corrected chi connectivity index (χ2v) is 9.45. The quantitative estimate of drug-likeness (QED) is 0.450. The van der Waals surface area contributed by atoms with E-state index in [-0.39, 0.29) is 43.2 Å². The first-order chi connectivity index (χ1) is 16.8. The molecule has 0 saturated heterocycles. The molecule has 1 aliphatic rings. The summed E-state index contributed by atoms with van der Waals surface area (Å²) in [5.74, 6) is -1.08. The number of fused-ring (bicyclic) bond motifs is 3. The number of hydrogen-bond donors (Lipinski definition) is 2. The number of ether oxygens (including phenoxy) is 1. The molecule has 0 aliphatic heterocycles. The molecule has 188 valence electrons. The molecule has 1 aliphatic carbocycles. The largest absolute Gasteiger partial charge is 0.481 e. The number of benzene rings is 2. The van der Waals surface area contributed by atoms with Gasteiger partial charge in [0.25, 0.3) is 0 Å². The van der Waals surface area contributed by atoms with Crippen LogP contribution in [0, 0.1) is 11.8 Å². The number of nitrogens with one attached hydrogen (secondary N) is 1. The van der Waals surface area contributed by atoms with E-state index in [1.165, 1.54) is 11.1 Å². The SMILES string of the molecule is CCN(CCCC(=O)O)C(=O)C(CNC(=O)OCC1c2ccccc2-c2ccccc21)CC(C)C. The van der Waals surface area contributed by atoms with E-state index in [9.17, 15) is 14.4 Å². The normalized spacial score (nSPS) is 13.1. The summed E-state index contributed by atoms with van der Waals surface area (Å²) >= 11 is 0. The Kier molecular flexibility index (Phi) is 9.29. The fraction of sp³-hybridized carbons (Fsp3) is 0.464. The van der Waals surface area contributed by atoms with Crippen molar-refractivity contribution in [1.82, 2.24) is 10.2 Å². The van der Waals surface area contributed by atoms with Crippen LogP contribution in [0.5, 0.6) is 0 Å². The van der Waals surface area contributed by atoms with Crippen molar-refractivity contribution in [1.29, 1.82) is 0 Å². The third kappa shape index (κ3) is 6.84. The van der Waals surface area contributed by atoms with Gasteiger partial charge in [-0.1, -0.05) is 62.4 Å². The molecule has 2 aromatic carbocycles. The molecule has 0 bridgehead atoms. The molecule has 2 amide bonds. The lowest BCUT2D eigenvalue weighted by molar-refractivity contribution is -0.139. The van der Waals surface area contributed by atoms with Gasteiger partial charge in [0.05, 0.1) is 5.92 Å². The highest BCUT2D eigenvalue weighted by Gasteiger charge is 2.29. The Morgan fingerprint density at radius 3 is 2.17 bits per heavy atom. The van der Waals surface area contributed by atoms with Crippen molar-refractivity contribution in [3.05, 3.63) is 59.7 Å². The summed E-state index contributed by atoms with van der Waals surface area (Å²) in [6, 6.07) is 16.3. The van der Waals surface area contributed by atoms with E-state index < -0.39 is 12.1 Å². The van der Waals surface area contributed by atoms with E-state index in [2.05, 4.69) is 29.6 Å². The van der Waals surface area contributed by atoms with Gasteiger partial charge in [-0.05, 0) is 47.9 Å². The molecule has 1 unspecified atom stereocenters. The number of carboxylic acids is 1. The standard InChI is InChI=1S/C28H36N2O5/c1-4-30(15-9-14-26(31)32)27(33)20(16-19(2)3)17-29-28(34)35-18-25-23-12-7-5-10-21(23)22-11-6-8-13-24(22)25/h5-8,10-13,19-20,25H,4,9,14-18H2,1-3H3,(H,29,34)(H,31,32). The predicted octanol–water partition coefficient (Wildman–Crippen LogP) is 4.90. The van der Waals surface area contributed by atoms with Crippen LogP contribution < -0.4 is 5.32 Å². The molecular weight excluding hydrogens is 444 g/mol. The minimum absolute atomic E-state index is 0.0222. The lowest BCUT2D eigenvalue weighted by Crippen LogP contribution is -2.42. The van der Waals surface area contributed by atoms with Crippen molar-refractivity contribution in [2.24, 2.45) is 11.8 Å². The molecule has 0 spiro atoms. The van der Waals surface area contributed by atoms with Gasteiger partial charge in [0, 0.05) is 32.0 Å². The Bertz CT molecular complexity index is 990. The summed E-state index contributed by atoms with van der Waals surface area (Å²) in [6.07, 6.45) is 0.514. The highest BCUT2D eigenvalue weighted by Crippen LogP contribution is 2.44. The molecule has 2 aromatic rings. The maximum Gasteiger partial charge on any atom is 0.407 e. The van der Waals surface area contributed by atoms with Crippen molar-refractivity contribution in [2.75, 3.05) is 26.2 Å². The molecule has 0 saturated carbocycles. The first-order valence-electron chi connectivity index (χ1n) is 12.4. The molecule has 3 rings (SSSR count). The van der Waals surface area contributed by atoms with E-state index in [0.717, 1.165) is 11.1 Å². The minimum Gasteiger partial charge on any atom is -0.481 e. The van der Waals surface area contributed by atoms with Gasteiger partial charge in [-0.3, -0.25) is 9.59 Å². The number of carbonyl (C=O) groups is 3. The Labute approximate surface area is 207 Å². The summed E-state index contributed by atoms with van der Waals surface area (Å²) in [7, 11) is 0. The first-order valence-corrected chi connectivity index (χ1v) is 12.4. The van der Waals surface area contributed by atoms with E-state index in [0.29, 0.717) is 25.9 Å². The molecule has 2 N–H and O–H groups in total. The van der Waals surface area contributed by atoms with E-state index in [4.69, 9.17) is 9.84 Å². The van der Waals surface area contributed by atoms with Gasteiger partial charge in [-0.25, -0.2) is 4.79 Å². The maximum atomic E-state index is 13.1. The van der Waals surface area contributed by atoms with E-state index in [1.54, 1.807) is 4.90 Å². The number of rotatable bonds is 12. The highest BCUT2D eigenvalue weighted by molar-refractivity contribution is 5.80. The number of carbonyl (C=O) groups excluding carboxylic acids is 2. The number of carboxylic acid groups (broad SMARTS) is 1. The topological polar surface area (TPSA) is 95.9 Å². The van der Waals surface area contributed by atoms with Crippen molar-refractivity contribution >= 4 is 18.0 Å². The summed E-state index contributed by atoms with van der Waals surface area (Å²) < 4.78 is 5.61. The third-order valence-electron chi connectivity index (χ3n) is 6.45. The Morgan fingerprint density at radius 2 is 1.63 bits per heavy atom. The van der Waals surface area contributed by atoms with Gasteiger partial charge in [0.2, 0.25) is 5.91 Å². The van der Waals surface area contributed by atoms with Crippen LogP contribution in [-0.4, -0.2) is 54.2 Å². The molecule has 0 fully saturated rings. The van der Waals surface area contributed by atoms with Crippen LogP contribution >= 0.6 is 0 Å². The third-order valence-corrected chi connectivity index (χ3v) is 6.45. The summed E-state index contributed by atoms with van der Waals surface area (Å²) in [5.41, 5.74) is 4.63. The van der Waals surface area contributed by atoms with Crippen LogP contribution in [0.4, 0.5) is 4.79 Å². The van der Waals surface area contributed by atoms with Gasteiger partial charge >= 0.3 is 12.1 Å². The van der Waals surface area contributed by atoms with Crippen molar-refractivity contribution in [3.63, 3.8) is 0 Å². The Balaban J connectivity index is 1.58. The van der Waals surface area contributed by atoms with E-state index >= 15 is 0 Å². The molecular formula is C28H36N2O5. The molecule has 0 heterocycles. The van der Waals surface area contributed by atoms with Crippen molar-refractivity contribution in [3.8, 4) is 11.1 Å². The first kappa shape index (κ1) is 26.3. The minimum atomic E-state index is -0.871. The Morgan fingerprint density at radius 1 is 1.03 bits per heavy atom. The highest BCUT2D eigenvalue weighted by atomic mass is 16.5. The summed E-state index contributed by atoms with van der Waals surface area (Å²) in [4.78, 5) is 38.2. The fourth-order valence-electron chi connectivity index (χ4n) is 4.80. The summed E-state index contributed by atoms with van der Waals surface area (Å²) in [5, 5.41) is 11.7. The average Bonchev–Trinajstić information content (AvgIpc) is 3.16. The molecule has 7 heteroatoms. The second kappa shape index (κ2) is 12.4. The van der Waals surface area contributed by atoms with Crippen molar-refractivity contribution < 1.29 is 24.2 Å². The number of amides is 2. The van der Waals surface area contributed by atoms with Crippen LogP contribution in [0.15, 0.2) is 48.5 Å². The molecule has 0 aromatic heterocycles. The van der Waals surface area contributed by atoms with E-state index in [1.807, 2.05) is 45.0 Å². The predicted molar refractivity (Wildman–Crippen MR) is 135 cm³/mol. The van der Waals surface area contributed by atoms with Gasteiger partial charge in [-0.15, -0.1) is 0 Å². The van der Waals surface area contributed by atoms with Crippen LogP contribution in [0.2, 0.25) is 0 Å². The van der Waals surface area contributed by atoms with Crippen LogP contribution in [-0.2, 0) is 14.3 Å². The maximum absolute atomic E-state index is 13.1. The number of aliphatic carboxylic acids is 1. The zero-order chi connectivity index (χ0) is 25.4. The summed E-state index contributed by atoms with van der Waals surface area (Å²) in [6.45, 7) is 7.24. The van der Waals surface area contributed by atoms with Gasteiger partial charge in [0.15, 0.2) is 0 Å². The van der Waals surface area contributed by atoms with Gasteiger partial charge < -0.3 is 20.1 Å². The van der Waals surface area contributed by atoms with Crippen LogP contribution in [0.3, 0.4) is 0 Å². The zero-order valence-corrected chi connectivity index (χ0v) is 20.8. The zero-order valence-electron chi connectivity index (χ0n) is 20.8. The van der Waals surface area contributed by atoms with Crippen LogP contribution in [0.25, 0.3) is 11.1 Å². The lowest BCUT2D eigenvalue weighted by atomic mass is 9.95. The molecule has 0 radical (unpaired) electrons. The lowest BCUT2D eigenvalue weighted by Gasteiger charge is -2.27. The molecule has 1 atom stereocenters. The molecule has 35 heavy (non-hydrogen) atoms. The Hall–Kier alpha value is -3.35. The monoisotopic (exact) mass is 480 g/mol. The fourth-order valence-corrected chi connectivity index (χ4v) is 4.80. The number of alkyl carbamates (subject to hydrolysis) is 1. The van der Waals surface area contributed by atoms with Crippen molar-refractivity contribution in [2.45, 2.75) is 46.0 Å². The second-order valence-electron chi connectivity index (χ2n) is 9.45. The molecule has 7 nitrogen and oxygen atoms in total. The average molecular weight is 481 g/mol.